The van der Waals surface area contributed by atoms with Gasteiger partial charge in [0.25, 0.3) is 5.91 Å². The third-order valence-electron chi connectivity index (χ3n) is 7.92. The van der Waals surface area contributed by atoms with Gasteiger partial charge in [-0.1, -0.05) is 27.7 Å². The molecular weight excluding hydrogens is 405 g/mol. The van der Waals surface area contributed by atoms with Gasteiger partial charge in [-0.05, 0) is 68.6 Å². The molecule has 1 aromatic rings. The van der Waals surface area contributed by atoms with Gasteiger partial charge in [0.15, 0.2) is 0 Å². The molecule has 1 N–H and O–H groups in total. The predicted octanol–water partition coefficient (Wildman–Crippen LogP) is 4.66. The maximum Gasteiger partial charge on any atom is 0.254 e. The SMILES string of the molecule is CC(C)C(=O)NC1C(=O)N(C2CCN([C@H]3CC[C@@H](C(C)C)CC3)CC2)c2ccc(F)cc21. The number of nitrogens with zero attached hydrogens (tertiary/aromatic N) is 2. The Bertz CT molecular complexity index is 839. The van der Waals surface area contributed by atoms with Crippen LogP contribution in [0.3, 0.4) is 0 Å². The molecule has 1 saturated carbocycles. The number of carbonyl (C=O) groups is 2. The Labute approximate surface area is 191 Å². The summed E-state index contributed by atoms with van der Waals surface area (Å²) in [6, 6.07) is 4.48. The van der Waals surface area contributed by atoms with E-state index in [9.17, 15) is 14.0 Å². The predicted molar refractivity (Wildman–Crippen MR) is 125 cm³/mol. The normalized spacial score (nSPS) is 27.3. The van der Waals surface area contributed by atoms with Crippen LogP contribution in [0, 0.1) is 23.6 Å². The molecule has 3 aliphatic rings. The van der Waals surface area contributed by atoms with E-state index in [1.54, 1.807) is 19.9 Å². The molecule has 2 fully saturated rings. The zero-order valence-corrected chi connectivity index (χ0v) is 19.9. The average Bonchev–Trinajstić information content (AvgIpc) is 3.04. The molecule has 2 aliphatic heterocycles. The molecule has 0 bridgehead atoms. The Morgan fingerprint density at radius 3 is 2.25 bits per heavy atom. The summed E-state index contributed by atoms with van der Waals surface area (Å²) < 4.78 is 14.0. The number of rotatable bonds is 5. The first-order chi connectivity index (χ1) is 15.3. The van der Waals surface area contributed by atoms with Crippen molar-refractivity contribution < 1.29 is 14.0 Å². The number of carbonyl (C=O) groups excluding carboxylic acids is 2. The summed E-state index contributed by atoms with van der Waals surface area (Å²) in [7, 11) is 0. The smallest absolute Gasteiger partial charge is 0.254 e. The highest BCUT2D eigenvalue weighted by molar-refractivity contribution is 6.06. The number of hydrogen-bond acceptors (Lipinski definition) is 3. The van der Waals surface area contributed by atoms with Crippen LogP contribution in [0.25, 0.3) is 0 Å². The first-order valence-corrected chi connectivity index (χ1v) is 12.4. The van der Waals surface area contributed by atoms with E-state index in [2.05, 4.69) is 24.1 Å². The number of hydrogen-bond donors (Lipinski definition) is 1. The van der Waals surface area contributed by atoms with Gasteiger partial charge in [-0.15, -0.1) is 0 Å². The molecule has 1 aromatic carbocycles. The zero-order chi connectivity index (χ0) is 23.0. The van der Waals surface area contributed by atoms with Gasteiger partial charge in [0, 0.05) is 36.7 Å². The Hall–Kier alpha value is -1.95. The van der Waals surface area contributed by atoms with Crippen molar-refractivity contribution in [3.8, 4) is 0 Å². The number of benzene rings is 1. The fourth-order valence-corrected chi connectivity index (χ4v) is 5.83. The molecule has 1 saturated heterocycles. The van der Waals surface area contributed by atoms with E-state index in [-0.39, 0.29) is 29.6 Å². The van der Waals surface area contributed by atoms with Gasteiger partial charge in [-0.25, -0.2) is 4.39 Å². The number of nitrogens with one attached hydrogen (secondary N) is 1. The van der Waals surface area contributed by atoms with Crippen LogP contribution in [0.15, 0.2) is 18.2 Å². The lowest BCUT2D eigenvalue weighted by Crippen LogP contribution is -2.51. The van der Waals surface area contributed by atoms with Crippen LogP contribution in [0.4, 0.5) is 10.1 Å². The minimum Gasteiger partial charge on any atom is -0.340 e. The lowest BCUT2D eigenvalue weighted by molar-refractivity contribution is -0.129. The average molecular weight is 444 g/mol. The van der Waals surface area contributed by atoms with Gasteiger partial charge in [0.2, 0.25) is 5.91 Å². The van der Waals surface area contributed by atoms with E-state index in [0.29, 0.717) is 11.6 Å². The van der Waals surface area contributed by atoms with Crippen molar-refractivity contribution in [2.75, 3.05) is 18.0 Å². The summed E-state index contributed by atoms with van der Waals surface area (Å²) in [6.45, 7) is 10.2. The number of halogens is 1. The second-order valence-corrected chi connectivity index (χ2v) is 10.6. The summed E-state index contributed by atoms with van der Waals surface area (Å²) in [5.41, 5.74) is 1.33. The van der Waals surface area contributed by atoms with E-state index in [1.165, 1.54) is 37.8 Å². The van der Waals surface area contributed by atoms with Crippen LogP contribution in [0.2, 0.25) is 0 Å². The highest BCUT2D eigenvalue weighted by Crippen LogP contribution is 2.40. The molecule has 2 heterocycles. The third-order valence-corrected chi connectivity index (χ3v) is 7.92. The molecule has 1 aliphatic carbocycles. The minimum absolute atomic E-state index is 0.0934. The largest absolute Gasteiger partial charge is 0.340 e. The second-order valence-electron chi connectivity index (χ2n) is 10.6. The third kappa shape index (κ3) is 4.57. The van der Waals surface area contributed by atoms with Gasteiger partial charge in [0.05, 0.1) is 5.69 Å². The Balaban J connectivity index is 1.43. The highest BCUT2D eigenvalue weighted by atomic mass is 19.1. The van der Waals surface area contributed by atoms with Crippen LogP contribution >= 0.6 is 0 Å². The summed E-state index contributed by atoms with van der Waals surface area (Å²) in [5, 5.41) is 2.85. The minimum atomic E-state index is -0.792. The highest BCUT2D eigenvalue weighted by Gasteiger charge is 2.43. The number of amides is 2. The maximum atomic E-state index is 14.0. The van der Waals surface area contributed by atoms with E-state index in [1.807, 2.05) is 4.90 Å². The molecule has 1 atom stereocenters. The molecule has 1 unspecified atom stereocenters. The van der Waals surface area contributed by atoms with Gasteiger partial charge < -0.3 is 15.1 Å². The van der Waals surface area contributed by atoms with Gasteiger partial charge >= 0.3 is 0 Å². The molecule has 4 rings (SSSR count). The van der Waals surface area contributed by atoms with Gasteiger partial charge in [-0.3, -0.25) is 9.59 Å². The van der Waals surface area contributed by atoms with Gasteiger partial charge in [-0.2, -0.15) is 0 Å². The van der Waals surface area contributed by atoms with Crippen LogP contribution in [-0.4, -0.2) is 41.9 Å². The van der Waals surface area contributed by atoms with Crippen LogP contribution < -0.4 is 10.2 Å². The lowest BCUT2D eigenvalue weighted by Gasteiger charge is -2.43. The zero-order valence-electron chi connectivity index (χ0n) is 19.9. The second kappa shape index (κ2) is 9.50. The van der Waals surface area contributed by atoms with Crippen LogP contribution in [-0.2, 0) is 9.59 Å². The lowest BCUT2D eigenvalue weighted by atomic mass is 9.79. The van der Waals surface area contributed by atoms with Crippen molar-refractivity contribution in [3.63, 3.8) is 0 Å². The van der Waals surface area contributed by atoms with Gasteiger partial charge in [0.1, 0.15) is 11.9 Å². The Morgan fingerprint density at radius 1 is 1.00 bits per heavy atom. The maximum absolute atomic E-state index is 14.0. The summed E-state index contributed by atoms with van der Waals surface area (Å²) in [6.07, 6.45) is 7.03. The summed E-state index contributed by atoms with van der Waals surface area (Å²) in [5.74, 6) is 0.706. The monoisotopic (exact) mass is 443 g/mol. The van der Waals surface area contributed by atoms with Crippen molar-refractivity contribution in [2.45, 2.75) is 84.3 Å². The van der Waals surface area contributed by atoms with E-state index < -0.39 is 6.04 Å². The number of anilines is 1. The fraction of sp³-hybridized carbons (Fsp3) is 0.692. The molecule has 0 aromatic heterocycles. The fourth-order valence-electron chi connectivity index (χ4n) is 5.83. The molecule has 0 radical (unpaired) electrons. The van der Waals surface area contributed by atoms with Crippen molar-refractivity contribution in [1.82, 2.24) is 10.2 Å². The molecule has 32 heavy (non-hydrogen) atoms. The Kier molecular flexibility index (Phi) is 6.89. The molecule has 6 heteroatoms. The molecule has 2 amide bonds. The van der Waals surface area contributed by atoms with Crippen molar-refractivity contribution in [1.29, 1.82) is 0 Å². The van der Waals surface area contributed by atoms with E-state index in [4.69, 9.17) is 0 Å². The topological polar surface area (TPSA) is 52.7 Å². The van der Waals surface area contributed by atoms with Crippen LogP contribution in [0.1, 0.15) is 77.8 Å². The van der Waals surface area contributed by atoms with Crippen molar-refractivity contribution >= 4 is 17.5 Å². The molecule has 5 nitrogen and oxygen atoms in total. The van der Waals surface area contributed by atoms with Crippen molar-refractivity contribution in [2.24, 2.45) is 17.8 Å². The number of fused-ring (bicyclic) bond motifs is 1. The van der Waals surface area contributed by atoms with E-state index >= 15 is 0 Å². The van der Waals surface area contributed by atoms with E-state index in [0.717, 1.165) is 43.5 Å². The Morgan fingerprint density at radius 2 is 1.66 bits per heavy atom. The molecule has 0 spiro atoms. The molecular formula is C26H38FN3O2. The summed E-state index contributed by atoms with van der Waals surface area (Å²) in [4.78, 5) is 30.2. The molecule has 176 valence electrons. The van der Waals surface area contributed by atoms with Crippen LogP contribution in [0.5, 0.6) is 0 Å². The first kappa shape index (κ1) is 23.2. The van der Waals surface area contributed by atoms with Crippen molar-refractivity contribution in [3.05, 3.63) is 29.6 Å². The number of piperidine rings is 1. The summed E-state index contributed by atoms with van der Waals surface area (Å²) >= 11 is 0. The standard InChI is InChI=1S/C26H38FN3O2/c1-16(2)18-5-8-20(9-6-18)29-13-11-21(12-14-29)30-23-10-7-19(27)15-22(23)24(26(30)32)28-25(31)17(3)4/h7,10,15-18,20-21,24H,5-6,8-9,11-14H2,1-4H3,(H,28,31)/t18-,20+,24?. The number of likely N-dealkylation sites (tertiary alicyclic amines) is 1. The quantitative estimate of drug-likeness (QED) is 0.720. The first-order valence-electron chi connectivity index (χ1n) is 12.4.